The minimum atomic E-state index is -0.574. The number of esters is 1. The van der Waals surface area contributed by atoms with Crippen molar-refractivity contribution in [3.8, 4) is 34.4 Å². The van der Waals surface area contributed by atoms with Crippen LogP contribution in [-0.4, -0.2) is 43.5 Å². The highest BCUT2D eigenvalue weighted by atomic mass is 16.6. The monoisotopic (exact) mass is 476 g/mol. The maximum atomic E-state index is 12.7. The van der Waals surface area contributed by atoms with Gasteiger partial charge in [-0.2, -0.15) is 4.98 Å². The summed E-state index contributed by atoms with van der Waals surface area (Å²) in [5.74, 6) is 2.17. The van der Waals surface area contributed by atoms with E-state index < -0.39 is 5.97 Å². The molecule has 0 saturated heterocycles. The smallest absolute Gasteiger partial charge is 0.342 e. The summed E-state index contributed by atoms with van der Waals surface area (Å²) < 4.78 is 32.5. The van der Waals surface area contributed by atoms with Crippen molar-refractivity contribution in [3.63, 3.8) is 0 Å². The number of carbonyl (C=O) groups is 1. The number of hydrogen-bond donors (Lipinski definition) is 0. The largest absolute Gasteiger partial charge is 0.493 e. The van der Waals surface area contributed by atoms with Gasteiger partial charge in [0, 0.05) is 5.56 Å². The van der Waals surface area contributed by atoms with Crippen LogP contribution in [0.2, 0.25) is 0 Å². The van der Waals surface area contributed by atoms with Crippen LogP contribution in [0.3, 0.4) is 0 Å². The van der Waals surface area contributed by atoms with Crippen LogP contribution >= 0.6 is 0 Å². The summed E-state index contributed by atoms with van der Waals surface area (Å²) in [6.07, 6.45) is 0. The molecule has 0 spiro atoms. The maximum absolute atomic E-state index is 12.7. The van der Waals surface area contributed by atoms with Gasteiger partial charge in [-0.25, -0.2) is 4.79 Å². The number of ether oxygens (including phenoxy) is 5. The van der Waals surface area contributed by atoms with E-state index >= 15 is 0 Å². The van der Waals surface area contributed by atoms with Gasteiger partial charge in [0.1, 0.15) is 30.3 Å². The van der Waals surface area contributed by atoms with Crippen molar-refractivity contribution in [1.29, 1.82) is 0 Å². The van der Waals surface area contributed by atoms with Gasteiger partial charge in [-0.15, -0.1) is 0 Å². The highest BCUT2D eigenvalue weighted by Gasteiger charge is 2.17. The third-order valence-corrected chi connectivity index (χ3v) is 4.90. The molecule has 0 radical (unpaired) electrons. The van der Waals surface area contributed by atoms with E-state index in [1.54, 1.807) is 56.7 Å². The van der Waals surface area contributed by atoms with E-state index in [1.165, 1.54) is 0 Å². The Bertz CT molecular complexity index is 1260. The summed E-state index contributed by atoms with van der Waals surface area (Å²) in [4.78, 5) is 17.0. The molecule has 35 heavy (non-hydrogen) atoms. The van der Waals surface area contributed by atoms with Crippen molar-refractivity contribution < 1.29 is 33.0 Å². The van der Waals surface area contributed by atoms with Gasteiger partial charge in [-0.1, -0.05) is 35.5 Å². The van der Waals surface area contributed by atoms with Crippen LogP contribution in [0.1, 0.15) is 16.2 Å². The first-order chi connectivity index (χ1) is 17.2. The molecule has 9 heteroatoms. The Morgan fingerprint density at radius 2 is 1.57 bits per heavy atom. The number of hydrogen-bond acceptors (Lipinski definition) is 9. The Morgan fingerprint density at radius 1 is 0.829 bits per heavy atom. The fourth-order valence-corrected chi connectivity index (χ4v) is 3.20. The lowest BCUT2D eigenvalue weighted by Gasteiger charge is -2.11. The van der Waals surface area contributed by atoms with Gasteiger partial charge in [0.2, 0.25) is 5.82 Å². The molecule has 0 aliphatic carbocycles. The third-order valence-electron chi connectivity index (χ3n) is 4.90. The molecule has 0 aliphatic rings. The molecule has 0 amide bonds. The van der Waals surface area contributed by atoms with Crippen LogP contribution in [0.4, 0.5) is 0 Å². The molecule has 180 valence electrons. The van der Waals surface area contributed by atoms with Gasteiger partial charge < -0.3 is 28.2 Å². The van der Waals surface area contributed by atoms with Crippen LogP contribution in [0.5, 0.6) is 23.0 Å². The highest BCUT2D eigenvalue weighted by Crippen LogP contribution is 2.31. The summed E-state index contributed by atoms with van der Waals surface area (Å²) in [7, 11) is 3.10. The number of para-hydroxylation sites is 2. The predicted molar refractivity (Wildman–Crippen MR) is 126 cm³/mol. The zero-order valence-electron chi connectivity index (χ0n) is 19.3. The fraction of sp³-hybridized carbons (Fsp3) is 0.192. The molecule has 0 bridgehead atoms. The summed E-state index contributed by atoms with van der Waals surface area (Å²) in [5.41, 5.74) is 0.951. The lowest BCUT2D eigenvalue weighted by molar-refractivity contribution is 0.0424. The molecule has 0 atom stereocenters. The van der Waals surface area contributed by atoms with Crippen LogP contribution in [0.15, 0.2) is 77.3 Å². The van der Waals surface area contributed by atoms with Crippen molar-refractivity contribution in [3.05, 3.63) is 84.3 Å². The Balaban J connectivity index is 1.33. The first kappa shape index (κ1) is 23.6. The predicted octanol–water partition coefficient (Wildman–Crippen LogP) is 4.57. The second kappa shape index (κ2) is 11.6. The number of methoxy groups -OCH3 is 2. The van der Waals surface area contributed by atoms with E-state index in [4.69, 9.17) is 28.2 Å². The van der Waals surface area contributed by atoms with Crippen molar-refractivity contribution in [2.45, 2.75) is 6.61 Å². The van der Waals surface area contributed by atoms with E-state index in [2.05, 4.69) is 10.1 Å². The van der Waals surface area contributed by atoms with E-state index in [1.807, 2.05) is 30.3 Å². The zero-order valence-corrected chi connectivity index (χ0v) is 19.3. The second-order valence-corrected chi connectivity index (χ2v) is 7.16. The van der Waals surface area contributed by atoms with E-state index in [0.29, 0.717) is 35.2 Å². The molecular formula is C26H24N2O7. The van der Waals surface area contributed by atoms with E-state index in [-0.39, 0.29) is 24.7 Å². The molecule has 1 aromatic heterocycles. The first-order valence-corrected chi connectivity index (χ1v) is 10.8. The van der Waals surface area contributed by atoms with Gasteiger partial charge in [0.15, 0.2) is 18.1 Å². The zero-order chi connectivity index (χ0) is 24.5. The summed E-state index contributed by atoms with van der Waals surface area (Å²) >= 11 is 0. The minimum Gasteiger partial charge on any atom is -0.493 e. The van der Waals surface area contributed by atoms with Crippen molar-refractivity contribution in [2.24, 2.45) is 0 Å². The van der Waals surface area contributed by atoms with E-state index in [0.717, 1.165) is 5.75 Å². The number of benzene rings is 3. The van der Waals surface area contributed by atoms with Gasteiger partial charge in [-0.3, -0.25) is 0 Å². The van der Waals surface area contributed by atoms with Crippen LogP contribution in [0.25, 0.3) is 11.4 Å². The number of aromatic nitrogens is 2. The molecule has 4 aromatic rings. The molecule has 1 heterocycles. The van der Waals surface area contributed by atoms with Crippen molar-refractivity contribution in [2.75, 3.05) is 27.4 Å². The molecule has 0 saturated carbocycles. The molecular weight excluding hydrogens is 452 g/mol. The minimum absolute atomic E-state index is 0.151. The first-order valence-electron chi connectivity index (χ1n) is 10.8. The maximum Gasteiger partial charge on any atom is 0.342 e. The van der Waals surface area contributed by atoms with Gasteiger partial charge in [-0.05, 0) is 42.5 Å². The molecule has 9 nitrogen and oxygen atoms in total. The lowest BCUT2D eigenvalue weighted by atomic mass is 10.2. The molecule has 0 N–H and O–H groups in total. The van der Waals surface area contributed by atoms with Crippen molar-refractivity contribution in [1.82, 2.24) is 10.1 Å². The number of carbonyl (C=O) groups excluding carboxylic acids is 1. The Labute approximate surface area is 202 Å². The van der Waals surface area contributed by atoms with Crippen molar-refractivity contribution >= 4 is 5.97 Å². The number of nitrogens with zero attached hydrogens (tertiary/aromatic N) is 2. The fourth-order valence-electron chi connectivity index (χ4n) is 3.20. The Morgan fingerprint density at radius 3 is 2.37 bits per heavy atom. The normalized spacial score (nSPS) is 10.5. The van der Waals surface area contributed by atoms with Gasteiger partial charge in [0.25, 0.3) is 5.89 Å². The SMILES string of the molecule is COc1ccc(-c2noc(COC(=O)c3ccccc3OCCOc3ccccc3)n2)cc1OC. The quantitative estimate of drug-likeness (QED) is 0.227. The topological polar surface area (TPSA) is 102 Å². The standard InChI is InChI=1S/C26H24N2O7/c1-30-22-13-12-18(16-23(22)31-2)25-27-24(35-28-25)17-34-26(29)20-10-6-7-11-21(20)33-15-14-32-19-8-4-3-5-9-19/h3-13,16H,14-15,17H2,1-2H3. The Kier molecular flexibility index (Phi) is 7.80. The average molecular weight is 476 g/mol. The Hall–Kier alpha value is -4.53. The lowest BCUT2D eigenvalue weighted by Crippen LogP contribution is -2.12. The molecule has 0 unspecified atom stereocenters. The summed E-state index contributed by atoms with van der Waals surface area (Å²) in [6, 6.07) is 21.5. The van der Waals surface area contributed by atoms with Gasteiger partial charge in [0.05, 0.1) is 14.2 Å². The second-order valence-electron chi connectivity index (χ2n) is 7.16. The molecule has 4 rings (SSSR count). The third kappa shape index (κ3) is 6.08. The highest BCUT2D eigenvalue weighted by molar-refractivity contribution is 5.92. The molecule has 3 aromatic carbocycles. The van der Waals surface area contributed by atoms with Crippen LogP contribution in [0, 0.1) is 0 Å². The summed E-state index contributed by atoms with van der Waals surface area (Å²) in [6.45, 7) is 0.399. The molecule has 0 fully saturated rings. The van der Waals surface area contributed by atoms with Crippen LogP contribution < -0.4 is 18.9 Å². The average Bonchev–Trinajstić information content (AvgIpc) is 3.39. The number of rotatable bonds is 11. The van der Waals surface area contributed by atoms with E-state index in [9.17, 15) is 4.79 Å². The van der Waals surface area contributed by atoms with Gasteiger partial charge >= 0.3 is 5.97 Å². The summed E-state index contributed by atoms with van der Waals surface area (Å²) in [5, 5.41) is 3.95. The molecule has 0 aliphatic heterocycles. The van der Waals surface area contributed by atoms with Crippen LogP contribution in [-0.2, 0) is 11.3 Å².